The van der Waals surface area contributed by atoms with Crippen molar-refractivity contribution in [3.63, 3.8) is 0 Å². The van der Waals surface area contributed by atoms with Crippen LogP contribution in [-0.2, 0) is 41.8 Å². The van der Waals surface area contributed by atoms with Crippen molar-refractivity contribution in [2.45, 2.75) is 140 Å². The molecule has 0 aromatic heterocycles. The fourth-order valence-electron chi connectivity index (χ4n) is 4.60. The van der Waals surface area contributed by atoms with Gasteiger partial charge in [0.1, 0.15) is 43.2 Å². The summed E-state index contributed by atoms with van der Waals surface area (Å²) in [6, 6.07) is 0. The molecule has 0 radical (unpaired) electrons. The Bertz CT molecular complexity index is 946. The number of phosphoric ester groups is 2. The number of aliphatic hydroxyl groups excluding tert-OH is 4. The van der Waals surface area contributed by atoms with Crippen LogP contribution in [0.5, 0.6) is 0 Å². The van der Waals surface area contributed by atoms with Crippen LogP contribution in [0.4, 0.5) is 0 Å². The SMILES string of the molecule is [CH2-]CCCCCCCC(=O)OC[C@H](COP(=O)(O)O[C@@H]1[C@H](O)[C@H](OP(=O)(O)O)[C@@H](O)[C@H](O)[C@H]1O)OC(=O)CCCCCCCC. The minimum Gasteiger partial charge on any atom is -0.462 e. The van der Waals surface area contributed by atoms with Crippen LogP contribution < -0.4 is 0 Å². The van der Waals surface area contributed by atoms with Crippen molar-refractivity contribution in [2.24, 2.45) is 0 Å². The highest BCUT2D eigenvalue weighted by Gasteiger charge is 2.54. The van der Waals surface area contributed by atoms with Crippen LogP contribution in [0.2, 0.25) is 0 Å². The average molecular weight is 694 g/mol. The monoisotopic (exact) mass is 693 g/mol. The van der Waals surface area contributed by atoms with E-state index in [4.69, 9.17) is 28.3 Å². The van der Waals surface area contributed by atoms with Crippen LogP contribution in [-0.4, -0.2) is 103 Å². The third kappa shape index (κ3) is 17.6. The molecule has 0 amide bonds. The molecule has 1 aliphatic carbocycles. The number of aliphatic hydroxyl groups is 4. The van der Waals surface area contributed by atoms with E-state index in [-0.39, 0.29) is 12.8 Å². The first-order chi connectivity index (χ1) is 21.1. The maximum atomic E-state index is 12.7. The van der Waals surface area contributed by atoms with Crippen LogP contribution in [0.1, 0.15) is 96.8 Å². The van der Waals surface area contributed by atoms with E-state index >= 15 is 0 Å². The molecule has 1 aliphatic rings. The second-order valence-corrected chi connectivity index (χ2v) is 13.6. The fraction of sp³-hybridized carbons (Fsp3) is 0.889. The van der Waals surface area contributed by atoms with Crippen LogP contribution in [0.3, 0.4) is 0 Å². The number of unbranched alkanes of at least 4 members (excludes halogenated alkanes) is 10. The molecule has 8 atom stereocenters. The zero-order valence-electron chi connectivity index (χ0n) is 25.8. The lowest BCUT2D eigenvalue weighted by molar-refractivity contribution is -0.216. The Balaban J connectivity index is 2.81. The quantitative estimate of drug-likeness (QED) is 0.0331. The smallest absolute Gasteiger partial charge is 0.462 e. The van der Waals surface area contributed by atoms with Gasteiger partial charge in [0.15, 0.2) is 6.10 Å². The minimum absolute atomic E-state index is 0.0404. The molecule has 16 nitrogen and oxygen atoms in total. The van der Waals surface area contributed by atoms with Crippen molar-refractivity contribution < 1.29 is 76.9 Å². The Kier molecular flexibility index (Phi) is 20.3. The van der Waals surface area contributed by atoms with Gasteiger partial charge in [-0.2, -0.15) is 6.42 Å². The molecule has 1 saturated carbocycles. The van der Waals surface area contributed by atoms with Gasteiger partial charge in [0.05, 0.1) is 6.61 Å². The number of rotatable bonds is 24. The van der Waals surface area contributed by atoms with Gasteiger partial charge in [-0.25, -0.2) is 9.13 Å². The highest BCUT2D eigenvalue weighted by molar-refractivity contribution is 7.47. The van der Waals surface area contributed by atoms with Crippen LogP contribution in [0.15, 0.2) is 0 Å². The van der Waals surface area contributed by atoms with E-state index in [1.165, 1.54) is 0 Å². The molecule has 0 saturated heterocycles. The van der Waals surface area contributed by atoms with Crippen LogP contribution in [0.25, 0.3) is 0 Å². The van der Waals surface area contributed by atoms with Crippen molar-refractivity contribution >= 4 is 27.6 Å². The molecule has 0 bridgehead atoms. The number of ether oxygens (including phenoxy) is 2. The van der Waals surface area contributed by atoms with Crippen molar-refractivity contribution in [1.82, 2.24) is 0 Å². The number of hydrogen-bond donors (Lipinski definition) is 7. The van der Waals surface area contributed by atoms with E-state index in [9.17, 15) is 44.0 Å². The standard InChI is InChI=1S/C27H51O16P2/c1-3-5-7-9-11-13-15-20(28)39-17-19(41-21(29)16-14-12-10-8-6-4-2)18-40-45(37,38)43-27-24(32)22(30)23(31)26(25(27)33)42-44(34,35)36/h19,22-27,30-33H,1,3-18H2,2H3,(H,37,38)(H2,34,35,36)/q-1/t19-,22+,23+,24-,25-,26-,27+/m1/s1. The summed E-state index contributed by atoms with van der Waals surface area (Å²) >= 11 is 0. The van der Waals surface area contributed by atoms with E-state index in [0.29, 0.717) is 12.8 Å². The Morgan fingerprint density at radius 1 is 0.689 bits per heavy atom. The molecule has 18 heteroatoms. The van der Waals surface area contributed by atoms with Gasteiger partial charge < -0.3 is 51.5 Å². The van der Waals surface area contributed by atoms with Gasteiger partial charge >= 0.3 is 27.6 Å². The van der Waals surface area contributed by atoms with Crippen LogP contribution in [0, 0.1) is 6.92 Å². The summed E-state index contributed by atoms with van der Waals surface area (Å²) in [5, 5.41) is 40.6. The molecule has 1 unspecified atom stereocenters. The van der Waals surface area contributed by atoms with Gasteiger partial charge in [-0.05, 0) is 12.8 Å². The maximum Gasteiger partial charge on any atom is 0.472 e. The number of carbonyl (C=O) groups excluding carboxylic acids is 2. The molecular formula is C27H51O16P2-. The summed E-state index contributed by atoms with van der Waals surface area (Å²) in [5.41, 5.74) is 0. The largest absolute Gasteiger partial charge is 0.472 e. The molecule has 0 spiro atoms. The molecule has 0 aromatic carbocycles. The molecule has 45 heavy (non-hydrogen) atoms. The van der Waals surface area contributed by atoms with Crippen molar-refractivity contribution in [1.29, 1.82) is 0 Å². The van der Waals surface area contributed by atoms with Crippen molar-refractivity contribution in [3.05, 3.63) is 6.92 Å². The van der Waals surface area contributed by atoms with Crippen LogP contribution >= 0.6 is 15.6 Å². The molecular weight excluding hydrogens is 642 g/mol. The predicted molar refractivity (Wildman–Crippen MR) is 158 cm³/mol. The Hall–Kier alpha value is -1.00. The maximum absolute atomic E-state index is 12.7. The lowest BCUT2D eigenvalue weighted by Gasteiger charge is -2.43. The number of phosphoric acid groups is 2. The molecule has 0 aliphatic heterocycles. The second kappa shape index (κ2) is 21.8. The summed E-state index contributed by atoms with van der Waals surface area (Å²) in [5.74, 6) is -1.24. The minimum atomic E-state index is -5.34. The first kappa shape index (κ1) is 42.0. The Morgan fingerprint density at radius 3 is 1.76 bits per heavy atom. The van der Waals surface area contributed by atoms with Gasteiger partial charge in [0.2, 0.25) is 0 Å². The van der Waals surface area contributed by atoms with Crippen molar-refractivity contribution in [3.8, 4) is 0 Å². The third-order valence-electron chi connectivity index (χ3n) is 7.08. The van der Waals surface area contributed by atoms with Crippen molar-refractivity contribution in [2.75, 3.05) is 13.2 Å². The Labute approximate surface area is 264 Å². The highest BCUT2D eigenvalue weighted by Crippen LogP contribution is 2.49. The lowest BCUT2D eigenvalue weighted by atomic mass is 9.85. The first-order valence-corrected chi connectivity index (χ1v) is 18.4. The van der Waals surface area contributed by atoms with Gasteiger partial charge in [-0.1, -0.05) is 64.7 Å². The van der Waals surface area contributed by atoms with Gasteiger partial charge in [0.25, 0.3) is 0 Å². The first-order valence-electron chi connectivity index (χ1n) is 15.4. The van der Waals surface area contributed by atoms with Gasteiger partial charge in [0, 0.05) is 12.8 Å². The number of carbonyl (C=O) groups is 2. The summed E-state index contributed by atoms with van der Waals surface area (Å²) in [4.78, 5) is 53.1. The predicted octanol–water partition coefficient (Wildman–Crippen LogP) is 2.19. The van der Waals surface area contributed by atoms with E-state index in [1.54, 1.807) is 0 Å². The van der Waals surface area contributed by atoms with E-state index < -0.39 is 83.5 Å². The average Bonchev–Trinajstić information content (AvgIpc) is 2.97. The molecule has 1 fully saturated rings. The molecule has 7 N–H and O–H groups in total. The normalized spacial score (nSPS) is 25.8. The van der Waals surface area contributed by atoms with Gasteiger partial charge in [-0.3, -0.25) is 23.2 Å². The third-order valence-corrected chi connectivity index (χ3v) is 8.58. The number of hydrogen-bond acceptors (Lipinski definition) is 13. The summed E-state index contributed by atoms with van der Waals surface area (Å²) in [6.07, 6.45) is -3.99. The molecule has 0 aromatic rings. The summed E-state index contributed by atoms with van der Waals surface area (Å²) in [7, 11) is -10.6. The Morgan fingerprint density at radius 2 is 1.20 bits per heavy atom. The topological polar surface area (TPSA) is 256 Å². The summed E-state index contributed by atoms with van der Waals surface area (Å²) in [6.45, 7) is 4.51. The number of esters is 2. The second-order valence-electron chi connectivity index (χ2n) is 11.0. The molecule has 0 heterocycles. The van der Waals surface area contributed by atoms with E-state index in [1.807, 2.05) is 0 Å². The fourth-order valence-corrected chi connectivity index (χ4v) is 6.14. The molecule has 266 valence electrons. The lowest BCUT2D eigenvalue weighted by Crippen LogP contribution is -2.64. The van der Waals surface area contributed by atoms with E-state index in [2.05, 4.69) is 18.4 Å². The zero-order valence-corrected chi connectivity index (χ0v) is 27.6. The zero-order chi connectivity index (χ0) is 34.0. The van der Waals surface area contributed by atoms with Gasteiger partial charge in [-0.15, -0.1) is 0 Å². The van der Waals surface area contributed by atoms with E-state index in [0.717, 1.165) is 64.2 Å². The molecule has 1 rings (SSSR count). The highest BCUT2D eigenvalue weighted by atomic mass is 31.2. The summed E-state index contributed by atoms with van der Waals surface area (Å²) < 4.78 is 48.4.